The number of likely N-dealkylation sites (N-methyl/N-ethyl adjacent to an activating group) is 1. The van der Waals surface area contributed by atoms with Gasteiger partial charge in [-0.05, 0) is 31.8 Å². The van der Waals surface area contributed by atoms with Crippen LogP contribution in [-0.2, 0) is 0 Å². The van der Waals surface area contributed by atoms with Gasteiger partial charge in [0.15, 0.2) is 0 Å². The molecule has 0 amide bonds. The van der Waals surface area contributed by atoms with E-state index in [2.05, 4.69) is 51.9 Å². The van der Waals surface area contributed by atoms with Gasteiger partial charge in [-0.15, -0.1) is 0 Å². The lowest BCUT2D eigenvalue weighted by molar-refractivity contribution is 0.200. The third-order valence-corrected chi connectivity index (χ3v) is 2.83. The van der Waals surface area contributed by atoms with Crippen molar-refractivity contribution in [3.63, 3.8) is 0 Å². The molecule has 2 heteroatoms. The van der Waals surface area contributed by atoms with Gasteiger partial charge in [0.2, 0.25) is 0 Å². The lowest BCUT2D eigenvalue weighted by atomic mass is 10.1. The molecule has 0 bridgehead atoms. The summed E-state index contributed by atoms with van der Waals surface area (Å²) in [4.78, 5) is 2.52. The normalized spacial score (nSPS) is 14.1. The molecule has 0 saturated carbocycles. The van der Waals surface area contributed by atoms with Crippen molar-refractivity contribution >= 4 is 0 Å². The third-order valence-electron chi connectivity index (χ3n) is 2.83. The van der Waals surface area contributed by atoms with Gasteiger partial charge < -0.3 is 10.2 Å². The Bertz CT molecular complexity index is 155. The molecule has 98 valence electrons. The van der Waals surface area contributed by atoms with E-state index >= 15 is 0 Å². The molecule has 0 aromatic carbocycles. The first-order valence-electron chi connectivity index (χ1n) is 6.88. The molecule has 0 aliphatic rings. The van der Waals surface area contributed by atoms with Crippen molar-refractivity contribution in [1.29, 1.82) is 0 Å². The summed E-state index contributed by atoms with van der Waals surface area (Å²) in [5.41, 5.74) is 0. The summed E-state index contributed by atoms with van der Waals surface area (Å²) in [6, 6.07) is 0.700. The predicted octanol–water partition coefficient (Wildman–Crippen LogP) is 2.99. The molecule has 0 aromatic rings. The van der Waals surface area contributed by atoms with E-state index in [1.54, 1.807) is 0 Å². The Hall–Kier alpha value is -0.0800. The Morgan fingerprint density at radius 2 is 1.62 bits per heavy atom. The number of hydrogen-bond acceptors (Lipinski definition) is 2. The Morgan fingerprint density at radius 3 is 2.06 bits per heavy atom. The van der Waals surface area contributed by atoms with Crippen molar-refractivity contribution in [2.45, 2.75) is 53.5 Å². The highest BCUT2D eigenvalue weighted by Crippen LogP contribution is 2.07. The summed E-state index contributed by atoms with van der Waals surface area (Å²) in [6.45, 7) is 14.9. The first-order valence-corrected chi connectivity index (χ1v) is 6.88. The zero-order valence-corrected chi connectivity index (χ0v) is 12.2. The van der Waals surface area contributed by atoms with E-state index < -0.39 is 0 Å². The van der Waals surface area contributed by atoms with Crippen molar-refractivity contribution in [1.82, 2.24) is 10.2 Å². The molecule has 1 atom stereocenters. The second-order valence-electron chi connectivity index (χ2n) is 5.83. The number of hydrogen-bond donors (Lipinski definition) is 1. The van der Waals surface area contributed by atoms with Gasteiger partial charge in [0.1, 0.15) is 0 Å². The van der Waals surface area contributed by atoms with Crippen LogP contribution in [0.1, 0.15) is 47.5 Å². The molecule has 2 nitrogen and oxygen atoms in total. The van der Waals surface area contributed by atoms with Crippen LogP contribution in [0.15, 0.2) is 0 Å². The van der Waals surface area contributed by atoms with Crippen molar-refractivity contribution in [3.05, 3.63) is 0 Å². The lowest BCUT2D eigenvalue weighted by Crippen LogP contribution is -2.42. The van der Waals surface area contributed by atoms with Crippen molar-refractivity contribution in [2.24, 2.45) is 11.8 Å². The summed E-state index contributed by atoms with van der Waals surface area (Å²) in [6.07, 6.45) is 2.57. The van der Waals surface area contributed by atoms with Crippen LogP contribution in [0.3, 0.4) is 0 Å². The monoisotopic (exact) mass is 228 g/mol. The molecule has 0 spiro atoms. The molecular formula is C14H32N2. The van der Waals surface area contributed by atoms with E-state index in [0.717, 1.165) is 24.9 Å². The highest BCUT2D eigenvalue weighted by molar-refractivity contribution is 4.72. The molecule has 0 fully saturated rings. The third kappa shape index (κ3) is 8.12. The Balaban J connectivity index is 3.94. The minimum Gasteiger partial charge on any atom is -0.315 e. The Labute approximate surface area is 103 Å². The molecule has 0 aromatic heterocycles. The van der Waals surface area contributed by atoms with Gasteiger partial charge in [-0.2, -0.15) is 0 Å². The zero-order valence-electron chi connectivity index (χ0n) is 12.2. The summed E-state index contributed by atoms with van der Waals surface area (Å²) < 4.78 is 0. The van der Waals surface area contributed by atoms with E-state index in [1.807, 2.05) is 0 Å². The maximum absolute atomic E-state index is 3.58. The fourth-order valence-electron chi connectivity index (χ4n) is 2.08. The van der Waals surface area contributed by atoms with Gasteiger partial charge in [0, 0.05) is 19.1 Å². The van der Waals surface area contributed by atoms with E-state index in [4.69, 9.17) is 0 Å². The standard InChI is InChI=1S/C14H32N2/c1-7-8-14(10-15-9-12(2)3)16(6)11-13(4)5/h12-15H,7-11H2,1-6H3. The van der Waals surface area contributed by atoms with Crippen LogP contribution in [0, 0.1) is 11.8 Å². The molecule has 1 N–H and O–H groups in total. The van der Waals surface area contributed by atoms with E-state index in [0.29, 0.717) is 6.04 Å². The number of rotatable bonds is 9. The van der Waals surface area contributed by atoms with Crippen LogP contribution in [0.4, 0.5) is 0 Å². The van der Waals surface area contributed by atoms with Gasteiger partial charge >= 0.3 is 0 Å². The van der Waals surface area contributed by atoms with Crippen molar-refractivity contribution in [3.8, 4) is 0 Å². The summed E-state index contributed by atoms with van der Waals surface area (Å²) in [7, 11) is 2.26. The SMILES string of the molecule is CCCC(CNCC(C)C)N(C)CC(C)C. The van der Waals surface area contributed by atoms with Gasteiger partial charge in [0.25, 0.3) is 0 Å². The first-order chi connectivity index (χ1) is 7.47. The quantitative estimate of drug-likeness (QED) is 0.652. The maximum Gasteiger partial charge on any atom is 0.0217 e. The van der Waals surface area contributed by atoms with E-state index in [1.165, 1.54) is 19.4 Å². The van der Waals surface area contributed by atoms with Crippen LogP contribution < -0.4 is 5.32 Å². The second-order valence-corrected chi connectivity index (χ2v) is 5.83. The fraction of sp³-hybridized carbons (Fsp3) is 1.00. The molecule has 0 aliphatic heterocycles. The fourth-order valence-corrected chi connectivity index (χ4v) is 2.08. The Morgan fingerprint density at radius 1 is 1.00 bits per heavy atom. The van der Waals surface area contributed by atoms with Crippen molar-refractivity contribution < 1.29 is 0 Å². The van der Waals surface area contributed by atoms with E-state index in [9.17, 15) is 0 Å². The van der Waals surface area contributed by atoms with Crippen LogP contribution in [0.25, 0.3) is 0 Å². The molecule has 0 saturated heterocycles. The molecule has 0 aliphatic carbocycles. The van der Waals surface area contributed by atoms with Gasteiger partial charge in [-0.1, -0.05) is 41.0 Å². The Kier molecular flexibility index (Phi) is 8.96. The van der Waals surface area contributed by atoms with Crippen LogP contribution >= 0.6 is 0 Å². The average Bonchev–Trinajstić information content (AvgIpc) is 2.14. The van der Waals surface area contributed by atoms with Gasteiger partial charge in [-0.3, -0.25) is 0 Å². The highest BCUT2D eigenvalue weighted by atomic mass is 15.1. The van der Waals surface area contributed by atoms with Gasteiger partial charge in [-0.25, -0.2) is 0 Å². The molecule has 0 rings (SSSR count). The molecule has 1 unspecified atom stereocenters. The van der Waals surface area contributed by atoms with Crippen LogP contribution in [0.2, 0.25) is 0 Å². The predicted molar refractivity (Wildman–Crippen MR) is 73.9 cm³/mol. The zero-order chi connectivity index (χ0) is 12.6. The summed E-state index contributed by atoms with van der Waals surface area (Å²) in [5, 5.41) is 3.58. The second kappa shape index (κ2) is 9.00. The average molecular weight is 228 g/mol. The minimum absolute atomic E-state index is 0.700. The summed E-state index contributed by atoms with van der Waals surface area (Å²) >= 11 is 0. The molecular weight excluding hydrogens is 196 g/mol. The summed E-state index contributed by atoms with van der Waals surface area (Å²) in [5.74, 6) is 1.51. The van der Waals surface area contributed by atoms with Crippen molar-refractivity contribution in [2.75, 3.05) is 26.7 Å². The molecule has 16 heavy (non-hydrogen) atoms. The van der Waals surface area contributed by atoms with Gasteiger partial charge in [0.05, 0.1) is 0 Å². The minimum atomic E-state index is 0.700. The van der Waals surface area contributed by atoms with Crippen LogP contribution in [0.5, 0.6) is 0 Å². The highest BCUT2D eigenvalue weighted by Gasteiger charge is 2.14. The maximum atomic E-state index is 3.58. The molecule has 0 heterocycles. The smallest absolute Gasteiger partial charge is 0.0217 e. The number of nitrogens with zero attached hydrogens (tertiary/aromatic N) is 1. The van der Waals surface area contributed by atoms with E-state index in [-0.39, 0.29) is 0 Å². The van der Waals surface area contributed by atoms with Crippen LogP contribution in [-0.4, -0.2) is 37.6 Å². The lowest BCUT2D eigenvalue weighted by Gasteiger charge is -2.30. The molecule has 0 radical (unpaired) electrons. The topological polar surface area (TPSA) is 15.3 Å². The number of nitrogens with one attached hydrogen (secondary N) is 1. The first kappa shape index (κ1) is 15.9. The largest absolute Gasteiger partial charge is 0.315 e.